The van der Waals surface area contributed by atoms with Crippen LogP contribution in [0, 0.1) is 5.92 Å². The molecule has 0 radical (unpaired) electrons. The van der Waals surface area contributed by atoms with Crippen LogP contribution in [0.4, 0.5) is 0 Å². The largest absolute Gasteiger partial charge is 0.354 e. The molecule has 1 saturated carbocycles. The molecule has 1 saturated heterocycles. The Bertz CT molecular complexity index is 224. The summed E-state index contributed by atoms with van der Waals surface area (Å²) in [5.74, 6) is 0.615. The van der Waals surface area contributed by atoms with Crippen LogP contribution >= 0.6 is 0 Å². The smallest absolute Gasteiger partial charge is 0.223 e. The summed E-state index contributed by atoms with van der Waals surface area (Å²) in [6.07, 6.45) is 7.20. The third-order valence-corrected chi connectivity index (χ3v) is 3.91. The highest BCUT2D eigenvalue weighted by Gasteiger charge is 2.25. The van der Waals surface area contributed by atoms with Crippen LogP contribution < -0.4 is 5.32 Å². The number of hydrogen-bond acceptors (Lipinski definition) is 2. The van der Waals surface area contributed by atoms with Crippen molar-refractivity contribution in [2.24, 2.45) is 5.92 Å². The van der Waals surface area contributed by atoms with Crippen LogP contribution in [0.15, 0.2) is 0 Å². The van der Waals surface area contributed by atoms with Crippen LogP contribution in [0.1, 0.15) is 38.5 Å². The van der Waals surface area contributed by atoms with Crippen molar-refractivity contribution < 1.29 is 4.79 Å². The maximum absolute atomic E-state index is 11.8. The summed E-state index contributed by atoms with van der Waals surface area (Å²) in [5, 5.41) is 3.12. The molecule has 0 spiro atoms. The van der Waals surface area contributed by atoms with Gasteiger partial charge in [0.1, 0.15) is 0 Å². The second-order valence-corrected chi connectivity index (χ2v) is 5.00. The Balaban J connectivity index is 1.70. The van der Waals surface area contributed by atoms with Crippen LogP contribution in [-0.4, -0.2) is 37.0 Å². The lowest BCUT2D eigenvalue weighted by Crippen LogP contribution is -2.40. The van der Waals surface area contributed by atoms with Gasteiger partial charge in [0.15, 0.2) is 0 Å². The molecule has 3 nitrogen and oxygen atoms in total. The minimum atomic E-state index is 0.299. The summed E-state index contributed by atoms with van der Waals surface area (Å²) in [7, 11) is 2.15. The lowest BCUT2D eigenvalue weighted by molar-refractivity contribution is -0.125. The second kappa shape index (κ2) is 4.97. The Morgan fingerprint density at radius 3 is 2.60 bits per heavy atom. The molecule has 1 N–H and O–H groups in total. The van der Waals surface area contributed by atoms with Gasteiger partial charge in [-0.25, -0.2) is 0 Å². The zero-order valence-electron chi connectivity index (χ0n) is 9.67. The van der Waals surface area contributed by atoms with Crippen LogP contribution in [0.2, 0.25) is 0 Å². The molecule has 0 bridgehead atoms. The van der Waals surface area contributed by atoms with Crippen molar-refractivity contribution in [1.29, 1.82) is 0 Å². The number of nitrogens with one attached hydrogen (secondary N) is 1. The van der Waals surface area contributed by atoms with Gasteiger partial charge in [0.05, 0.1) is 0 Å². The van der Waals surface area contributed by atoms with Gasteiger partial charge in [0, 0.05) is 18.5 Å². The molecule has 0 aromatic carbocycles. The van der Waals surface area contributed by atoms with E-state index in [4.69, 9.17) is 0 Å². The third kappa shape index (κ3) is 2.71. The monoisotopic (exact) mass is 210 g/mol. The molecule has 1 heterocycles. The van der Waals surface area contributed by atoms with E-state index in [1.807, 2.05) is 0 Å². The van der Waals surface area contributed by atoms with Gasteiger partial charge < -0.3 is 10.2 Å². The predicted molar refractivity (Wildman–Crippen MR) is 60.6 cm³/mol. The molecule has 86 valence electrons. The Morgan fingerprint density at radius 2 is 2.00 bits per heavy atom. The fraction of sp³-hybridized carbons (Fsp3) is 0.917. The van der Waals surface area contributed by atoms with E-state index in [9.17, 15) is 4.79 Å². The molecule has 1 aliphatic heterocycles. The molecule has 2 fully saturated rings. The van der Waals surface area contributed by atoms with Crippen LogP contribution in [-0.2, 0) is 4.79 Å². The number of carbonyl (C=O) groups excluding carboxylic acids is 1. The Labute approximate surface area is 92.2 Å². The topological polar surface area (TPSA) is 32.3 Å². The first kappa shape index (κ1) is 10.9. The van der Waals surface area contributed by atoms with Gasteiger partial charge >= 0.3 is 0 Å². The van der Waals surface area contributed by atoms with Gasteiger partial charge in [0.25, 0.3) is 0 Å². The Morgan fingerprint density at radius 1 is 1.27 bits per heavy atom. The minimum absolute atomic E-state index is 0.299. The number of nitrogens with zero attached hydrogens (tertiary/aromatic N) is 1. The molecule has 1 unspecified atom stereocenters. The van der Waals surface area contributed by atoms with Gasteiger partial charge in [-0.2, -0.15) is 0 Å². The first-order chi connectivity index (χ1) is 7.27. The van der Waals surface area contributed by atoms with E-state index in [1.165, 1.54) is 32.2 Å². The quantitative estimate of drug-likeness (QED) is 0.763. The number of rotatable bonds is 3. The van der Waals surface area contributed by atoms with Crippen molar-refractivity contribution in [3.63, 3.8) is 0 Å². The SMILES string of the molecule is CN1CCCC1CNC(=O)C1CCCC1. The van der Waals surface area contributed by atoms with Crippen LogP contribution in [0.3, 0.4) is 0 Å². The van der Waals surface area contributed by atoms with Crippen molar-refractivity contribution in [2.75, 3.05) is 20.1 Å². The summed E-state index contributed by atoms with van der Waals surface area (Å²) < 4.78 is 0. The molecule has 2 aliphatic rings. The summed E-state index contributed by atoms with van der Waals surface area (Å²) in [6.45, 7) is 2.04. The lowest BCUT2D eigenvalue weighted by Gasteiger charge is -2.20. The zero-order chi connectivity index (χ0) is 10.7. The maximum Gasteiger partial charge on any atom is 0.223 e. The van der Waals surface area contributed by atoms with E-state index >= 15 is 0 Å². The highest BCUT2D eigenvalue weighted by molar-refractivity contribution is 5.78. The zero-order valence-corrected chi connectivity index (χ0v) is 9.67. The molecule has 3 heteroatoms. The second-order valence-electron chi connectivity index (χ2n) is 5.00. The maximum atomic E-state index is 11.8. The van der Waals surface area contributed by atoms with Crippen LogP contribution in [0.25, 0.3) is 0 Å². The van der Waals surface area contributed by atoms with Crippen molar-refractivity contribution in [3.8, 4) is 0 Å². The molecule has 1 atom stereocenters. The standard InChI is InChI=1S/C12H22N2O/c1-14-8-4-7-11(14)9-13-12(15)10-5-2-3-6-10/h10-11H,2-9H2,1H3,(H,13,15). The van der Waals surface area contributed by atoms with Crippen molar-refractivity contribution >= 4 is 5.91 Å². The summed E-state index contributed by atoms with van der Waals surface area (Å²) >= 11 is 0. The average Bonchev–Trinajstić information content (AvgIpc) is 2.85. The minimum Gasteiger partial charge on any atom is -0.354 e. The van der Waals surface area contributed by atoms with E-state index < -0.39 is 0 Å². The average molecular weight is 210 g/mol. The number of amides is 1. The highest BCUT2D eigenvalue weighted by Crippen LogP contribution is 2.24. The fourth-order valence-corrected chi connectivity index (χ4v) is 2.79. The summed E-state index contributed by atoms with van der Waals surface area (Å²) in [4.78, 5) is 14.1. The third-order valence-electron chi connectivity index (χ3n) is 3.91. The first-order valence-electron chi connectivity index (χ1n) is 6.25. The number of hydrogen-bond donors (Lipinski definition) is 1. The molecular weight excluding hydrogens is 188 g/mol. The predicted octanol–water partition coefficient (Wildman–Crippen LogP) is 1.39. The van der Waals surface area contributed by atoms with Crippen molar-refractivity contribution in [1.82, 2.24) is 10.2 Å². The van der Waals surface area contributed by atoms with E-state index in [0.29, 0.717) is 17.9 Å². The van der Waals surface area contributed by atoms with Crippen LogP contribution in [0.5, 0.6) is 0 Å². The van der Waals surface area contributed by atoms with Crippen molar-refractivity contribution in [3.05, 3.63) is 0 Å². The van der Waals surface area contributed by atoms with E-state index in [2.05, 4.69) is 17.3 Å². The van der Waals surface area contributed by atoms with Crippen molar-refractivity contribution in [2.45, 2.75) is 44.6 Å². The molecular formula is C12H22N2O. The lowest BCUT2D eigenvalue weighted by atomic mass is 10.1. The van der Waals surface area contributed by atoms with Gasteiger partial charge in [0.2, 0.25) is 5.91 Å². The van der Waals surface area contributed by atoms with Gasteiger partial charge in [-0.05, 0) is 39.3 Å². The van der Waals surface area contributed by atoms with E-state index in [-0.39, 0.29) is 0 Å². The molecule has 1 aliphatic carbocycles. The molecule has 1 amide bonds. The van der Waals surface area contributed by atoms with E-state index in [0.717, 1.165) is 19.4 Å². The summed E-state index contributed by atoms with van der Waals surface area (Å²) in [6, 6.07) is 0.579. The first-order valence-corrected chi connectivity index (χ1v) is 6.25. The molecule has 0 aromatic heterocycles. The number of likely N-dealkylation sites (N-methyl/N-ethyl adjacent to an activating group) is 1. The normalized spacial score (nSPS) is 28.5. The summed E-state index contributed by atoms with van der Waals surface area (Å²) in [5.41, 5.74) is 0. The molecule has 2 rings (SSSR count). The molecule has 0 aromatic rings. The van der Waals surface area contributed by atoms with E-state index in [1.54, 1.807) is 0 Å². The highest BCUT2D eigenvalue weighted by atomic mass is 16.1. The Hall–Kier alpha value is -0.570. The van der Waals surface area contributed by atoms with Gasteiger partial charge in [-0.1, -0.05) is 12.8 Å². The van der Waals surface area contributed by atoms with Gasteiger partial charge in [-0.3, -0.25) is 4.79 Å². The Kier molecular flexibility index (Phi) is 3.62. The number of likely N-dealkylation sites (tertiary alicyclic amines) is 1. The molecule has 15 heavy (non-hydrogen) atoms. The fourth-order valence-electron chi connectivity index (χ4n) is 2.79. The number of carbonyl (C=O) groups is 1. The van der Waals surface area contributed by atoms with Gasteiger partial charge in [-0.15, -0.1) is 0 Å².